The molecule has 0 amide bonds. The van der Waals surface area contributed by atoms with Crippen molar-refractivity contribution >= 4 is 29.0 Å². The van der Waals surface area contributed by atoms with E-state index in [-0.39, 0.29) is 0 Å². The van der Waals surface area contributed by atoms with Crippen LogP contribution in [0.1, 0.15) is 31.7 Å². The van der Waals surface area contributed by atoms with Crippen LogP contribution < -0.4 is 15.4 Å². The Labute approximate surface area is 193 Å². The van der Waals surface area contributed by atoms with Crippen molar-refractivity contribution in [3.63, 3.8) is 0 Å². The molecule has 0 unspecified atom stereocenters. The molecule has 4 rings (SSSR count). The molecule has 1 saturated heterocycles. The van der Waals surface area contributed by atoms with E-state index in [1.807, 2.05) is 30.3 Å². The largest absolute Gasteiger partial charge is 0.456 e. The van der Waals surface area contributed by atoms with Gasteiger partial charge in [0.1, 0.15) is 17.3 Å². The van der Waals surface area contributed by atoms with Gasteiger partial charge in [-0.2, -0.15) is 0 Å². The van der Waals surface area contributed by atoms with Gasteiger partial charge in [0.05, 0.1) is 6.20 Å². The Morgan fingerprint density at radius 2 is 1.68 bits per heavy atom. The zero-order chi connectivity index (χ0) is 21.8. The molecule has 3 aromatic rings. The van der Waals surface area contributed by atoms with E-state index < -0.39 is 0 Å². The number of hydrogen-bond donors (Lipinski definition) is 1. The normalized spacial score (nSPS) is 14.6. The highest BCUT2D eigenvalue weighted by molar-refractivity contribution is 6.35. The Kier molecular flexibility index (Phi) is 7.01. The van der Waals surface area contributed by atoms with Crippen molar-refractivity contribution in [2.75, 3.05) is 18.0 Å². The highest BCUT2D eigenvalue weighted by Crippen LogP contribution is 2.33. The summed E-state index contributed by atoms with van der Waals surface area (Å²) in [5.41, 5.74) is 9.21. The number of rotatable bonds is 6. The first-order valence-electron chi connectivity index (χ1n) is 10.7. The van der Waals surface area contributed by atoms with Crippen molar-refractivity contribution in [2.24, 2.45) is 5.73 Å². The number of piperidine rings is 1. The highest BCUT2D eigenvalue weighted by atomic mass is 35.5. The van der Waals surface area contributed by atoms with Crippen LogP contribution in [0.4, 0.5) is 5.82 Å². The first-order chi connectivity index (χ1) is 15.0. The number of halogens is 2. The molecule has 0 saturated carbocycles. The summed E-state index contributed by atoms with van der Waals surface area (Å²) in [6.07, 6.45) is 5.80. The summed E-state index contributed by atoms with van der Waals surface area (Å²) >= 11 is 12.4. The Bertz CT molecular complexity index is 1010. The monoisotopic (exact) mass is 455 g/mol. The molecule has 1 aromatic heterocycles. The van der Waals surface area contributed by atoms with Gasteiger partial charge in [-0.15, -0.1) is 0 Å². The number of benzene rings is 2. The maximum atomic E-state index is 6.22. The van der Waals surface area contributed by atoms with Crippen LogP contribution >= 0.6 is 23.2 Å². The molecule has 2 N–H and O–H groups in total. The van der Waals surface area contributed by atoms with E-state index in [2.05, 4.69) is 28.9 Å². The van der Waals surface area contributed by atoms with Gasteiger partial charge in [0.25, 0.3) is 0 Å². The molecule has 4 nitrogen and oxygen atoms in total. The minimum absolute atomic E-state index is 0.304. The summed E-state index contributed by atoms with van der Waals surface area (Å²) in [6.45, 7) is 4.05. The number of aromatic nitrogens is 1. The number of aryl methyl sites for hydroxylation is 1. The van der Waals surface area contributed by atoms with Crippen LogP contribution in [0.25, 0.3) is 11.1 Å². The molecule has 2 heterocycles. The summed E-state index contributed by atoms with van der Waals surface area (Å²) in [7, 11) is 0. The zero-order valence-corrected chi connectivity index (χ0v) is 19.2. The van der Waals surface area contributed by atoms with Crippen LogP contribution in [0.3, 0.4) is 0 Å². The van der Waals surface area contributed by atoms with Gasteiger partial charge in [0.15, 0.2) is 0 Å². The van der Waals surface area contributed by atoms with Crippen LogP contribution in [0, 0.1) is 0 Å². The average Bonchev–Trinajstić information content (AvgIpc) is 2.74. The maximum absolute atomic E-state index is 6.22. The molecule has 1 aliphatic heterocycles. The second kappa shape index (κ2) is 9.90. The first kappa shape index (κ1) is 21.9. The van der Waals surface area contributed by atoms with Gasteiger partial charge >= 0.3 is 0 Å². The van der Waals surface area contributed by atoms with E-state index in [1.54, 1.807) is 12.3 Å². The van der Waals surface area contributed by atoms with Crippen molar-refractivity contribution in [1.82, 2.24) is 4.98 Å². The smallest absolute Gasteiger partial charge is 0.145 e. The summed E-state index contributed by atoms with van der Waals surface area (Å²) in [5, 5.41) is 1.23. The number of pyridine rings is 1. The topological polar surface area (TPSA) is 51.4 Å². The molecule has 6 heteroatoms. The molecular formula is C25H27Cl2N3O. The molecule has 2 aromatic carbocycles. The number of nitrogens with two attached hydrogens (primary N) is 1. The van der Waals surface area contributed by atoms with Crippen molar-refractivity contribution in [2.45, 2.75) is 38.6 Å². The summed E-state index contributed by atoms with van der Waals surface area (Å²) in [5.74, 6) is 2.45. The fraction of sp³-hybridized carbons (Fsp3) is 0.320. The Hall–Kier alpha value is -2.27. The lowest BCUT2D eigenvalue weighted by Gasteiger charge is -2.31. The van der Waals surface area contributed by atoms with Gasteiger partial charge in [0.2, 0.25) is 0 Å². The second-order valence-electron chi connectivity index (χ2n) is 8.05. The summed E-state index contributed by atoms with van der Waals surface area (Å²) in [4.78, 5) is 6.89. The SMILES string of the molecule is CCCc1cc(Oc2ccc(N3CCC(N)CC3)nc2)cc(-c2cc(Cl)cc(Cl)c2)c1. The van der Waals surface area contributed by atoms with E-state index in [1.165, 1.54) is 5.56 Å². The van der Waals surface area contributed by atoms with Gasteiger partial charge in [-0.3, -0.25) is 0 Å². The van der Waals surface area contributed by atoms with Crippen molar-refractivity contribution < 1.29 is 4.74 Å². The van der Waals surface area contributed by atoms with E-state index in [9.17, 15) is 0 Å². The molecule has 1 fully saturated rings. The van der Waals surface area contributed by atoms with Crippen LogP contribution in [-0.4, -0.2) is 24.1 Å². The standard InChI is InChI=1S/C25H27Cl2N3O/c1-2-3-17-10-18(19-12-20(26)15-21(27)13-19)14-24(11-17)31-23-4-5-25(29-16-23)30-8-6-22(28)7-9-30/h4-5,10-16,22H,2-3,6-9,28H2,1H3. The van der Waals surface area contributed by atoms with Gasteiger partial charge in [-0.25, -0.2) is 4.98 Å². The van der Waals surface area contributed by atoms with Crippen LogP contribution in [0.15, 0.2) is 54.7 Å². The van der Waals surface area contributed by atoms with Crippen molar-refractivity contribution in [3.05, 3.63) is 70.3 Å². The van der Waals surface area contributed by atoms with Crippen molar-refractivity contribution in [1.29, 1.82) is 0 Å². The molecule has 0 atom stereocenters. The Morgan fingerprint density at radius 3 is 2.32 bits per heavy atom. The Balaban J connectivity index is 1.56. The third kappa shape index (κ3) is 5.70. The van der Waals surface area contributed by atoms with E-state index in [0.29, 0.717) is 21.8 Å². The first-order valence-corrected chi connectivity index (χ1v) is 11.5. The quantitative estimate of drug-likeness (QED) is 0.447. The molecule has 0 spiro atoms. The van der Waals surface area contributed by atoms with Crippen LogP contribution in [-0.2, 0) is 6.42 Å². The Morgan fingerprint density at radius 1 is 0.968 bits per heavy atom. The third-order valence-corrected chi connectivity index (χ3v) is 5.96. The lowest BCUT2D eigenvalue weighted by Crippen LogP contribution is -2.40. The molecule has 0 bridgehead atoms. The highest BCUT2D eigenvalue weighted by Gasteiger charge is 2.17. The average molecular weight is 456 g/mol. The van der Waals surface area contributed by atoms with Crippen molar-refractivity contribution in [3.8, 4) is 22.6 Å². The molecule has 1 aliphatic rings. The minimum atomic E-state index is 0.304. The third-order valence-electron chi connectivity index (χ3n) is 5.52. The number of nitrogens with zero attached hydrogens (tertiary/aromatic N) is 2. The summed E-state index contributed by atoms with van der Waals surface area (Å²) in [6, 6.07) is 16.1. The van der Waals surface area contributed by atoms with Crippen LogP contribution in [0.2, 0.25) is 10.0 Å². The fourth-order valence-electron chi connectivity index (χ4n) is 3.92. The number of anilines is 1. The molecule has 31 heavy (non-hydrogen) atoms. The van der Waals surface area contributed by atoms with Gasteiger partial charge in [0, 0.05) is 29.2 Å². The fourth-order valence-corrected chi connectivity index (χ4v) is 4.45. The molecular weight excluding hydrogens is 429 g/mol. The number of hydrogen-bond acceptors (Lipinski definition) is 4. The molecule has 162 valence electrons. The van der Waals surface area contributed by atoms with Gasteiger partial charge in [-0.1, -0.05) is 42.6 Å². The van der Waals surface area contributed by atoms with E-state index in [0.717, 1.165) is 61.5 Å². The minimum Gasteiger partial charge on any atom is -0.456 e. The lowest BCUT2D eigenvalue weighted by atomic mass is 10.0. The molecule has 0 aliphatic carbocycles. The number of ether oxygens (including phenoxy) is 1. The van der Waals surface area contributed by atoms with E-state index >= 15 is 0 Å². The maximum Gasteiger partial charge on any atom is 0.145 e. The second-order valence-corrected chi connectivity index (χ2v) is 8.93. The van der Waals surface area contributed by atoms with Crippen LogP contribution in [0.5, 0.6) is 11.5 Å². The summed E-state index contributed by atoms with van der Waals surface area (Å²) < 4.78 is 6.18. The predicted octanol–water partition coefficient (Wildman–Crippen LogP) is 6.73. The zero-order valence-electron chi connectivity index (χ0n) is 17.7. The van der Waals surface area contributed by atoms with Gasteiger partial charge < -0.3 is 15.4 Å². The predicted molar refractivity (Wildman–Crippen MR) is 130 cm³/mol. The van der Waals surface area contributed by atoms with E-state index in [4.69, 9.17) is 33.7 Å². The molecule has 0 radical (unpaired) electrons. The van der Waals surface area contributed by atoms with Gasteiger partial charge in [-0.05, 0) is 78.4 Å². The lowest BCUT2D eigenvalue weighted by molar-refractivity contribution is 0.477.